The molecular weight excluding hydrogens is 550 g/mol. The van der Waals surface area contributed by atoms with Gasteiger partial charge < -0.3 is 24.8 Å². The molecule has 3 heterocycles. The maximum atomic E-state index is 12.6. The molecule has 7 heteroatoms. The molecular formula is C37H41N3O4. The minimum atomic E-state index is -0.494. The first-order valence-electron chi connectivity index (χ1n) is 15.7. The summed E-state index contributed by atoms with van der Waals surface area (Å²) in [6.07, 6.45) is 6.42. The molecule has 2 N–H and O–H groups in total. The number of nitrogens with zero attached hydrogens (tertiary/aromatic N) is 2. The monoisotopic (exact) mass is 591 g/mol. The van der Waals surface area contributed by atoms with E-state index in [-0.39, 0.29) is 30.6 Å². The summed E-state index contributed by atoms with van der Waals surface area (Å²) in [6, 6.07) is 28.1. The van der Waals surface area contributed by atoms with Gasteiger partial charge in [-0.25, -0.2) is 0 Å². The summed E-state index contributed by atoms with van der Waals surface area (Å²) in [5, 5.41) is 12.6. The van der Waals surface area contributed by atoms with Crippen LogP contribution >= 0.6 is 0 Å². The Balaban J connectivity index is 1.21. The molecule has 4 atom stereocenters. The molecule has 0 spiro atoms. The molecule has 1 aromatic heterocycles. The van der Waals surface area contributed by atoms with Gasteiger partial charge in [0.15, 0.2) is 6.29 Å². The van der Waals surface area contributed by atoms with Gasteiger partial charge in [0.2, 0.25) is 0 Å². The van der Waals surface area contributed by atoms with Crippen LogP contribution in [0.3, 0.4) is 0 Å². The van der Waals surface area contributed by atoms with Crippen molar-refractivity contribution in [1.82, 2.24) is 15.2 Å². The summed E-state index contributed by atoms with van der Waals surface area (Å²) < 4.78 is 13.4. The van der Waals surface area contributed by atoms with Crippen LogP contribution < -0.4 is 5.32 Å². The summed E-state index contributed by atoms with van der Waals surface area (Å²) in [5.41, 5.74) is 6.66. The molecule has 44 heavy (non-hydrogen) atoms. The fraction of sp³-hybridized carbons (Fsp3) is 0.351. The first-order chi connectivity index (χ1) is 21.6. The Labute approximate surface area is 259 Å². The highest BCUT2D eigenvalue weighted by molar-refractivity contribution is 5.93. The minimum absolute atomic E-state index is 0.0248. The largest absolute Gasteiger partial charge is 0.392 e. The number of aliphatic hydroxyl groups is 1. The molecule has 6 rings (SSSR count). The van der Waals surface area contributed by atoms with Crippen LogP contribution in [0.1, 0.15) is 71.2 Å². The van der Waals surface area contributed by atoms with Crippen molar-refractivity contribution in [3.8, 4) is 11.1 Å². The van der Waals surface area contributed by atoms with Gasteiger partial charge >= 0.3 is 0 Å². The van der Waals surface area contributed by atoms with Crippen molar-refractivity contribution < 1.29 is 19.4 Å². The summed E-state index contributed by atoms with van der Waals surface area (Å²) in [5.74, 6) is 0.0184. The van der Waals surface area contributed by atoms with E-state index < -0.39 is 6.29 Å². The van der Waals surface area contributed by atoms with Crippen LogP contribution in [0.4, 0.5) is 0 Å². The van der Waals surface area contributed by atoms with E-state index in [4.69, 9.17) is 9.47 Å². The first-order valence-corrected chi connectivity index (χ1v) is 15.7. The number of nitrogens with one attached hydrogen (secondary N) is 1. The number of likely N-dealkylation sites (tertiary alicyclic amines) is 1. The Morgan fingerprint density at radius 3 is 2.39 bits per heavy atom. The van der Waals surface area contributed by atoms with E-state index in [0.717, 1.165) is 53.0 Å². The summed E-state index contributed by atoms with van der Waals surface area (Å²) in [6.45, 7) is 5.78. The molecule has 0 unspecified atom stereocenters. The second-order valence-electron chi connectivity index (χ2n) is 11.9. The van der Waals surface area contributed by atoms with E-state index in [1.165, 1.54) is 19.3 Å². The number of rotatable bonds is 9. The second kappa shape index (κ2) is 14.3. The molecule has 2 fully saturated rings. The normalized spacial score (nSPS) is 22.4. The number of aromatic nitrogens is 1. The Morgan fingerprint density at radius 2 is 1.66 bits per heavy atom. The van der Waals surface area contributed by atoms with E-state index >= 15 is 0 Å². The summed E-state index contributed by atoms with van der Waals surface area (Å²) in [7, 11) is 0. The van der Waals surface area contributed by atoms with Crippen LogP contribution in [0, 0.1) is 5.92 Å². The van der Waals surface area contributed by atoms with E-state index in [0.29, 0.717) is 12.1 Å². The lowest BCUT2D eigenvalue weighted by atomic mass is 9.89. The third kappa shape index (κ3) is 7.08. The second-order valence-corrected chi connectivity index (χ2v) is 11.9. The first kappa shape index (κ1) is 30.2. The number of piperidine rings is 1. The smallest absolute Gasteiger partial charge is 0.253 e. The minimum Gasteiger partial charge on any atom is -0.392 e. The molecule has 228 valence electrons. The molecule has 0 aliphatic carbocycles. The van der Waals surface area contributed by atoms with Crippen molar-refractivity contribution >= 4 is 5.91 Å². The molecule has 2 aliphatic heterocycles. The highest BCUT2D eigenvalue weighted by Gasteiger charge is 2.39. The third-order valence-corrected chi connectivity index (χ3v) is 8.88. The maximum absolute atomic E-state index is 12.6. The fourth-order valence-electron chi connectivity index (χ4n) is 6.28. The highest BCUT2D eigenvalue weighted by Crippen LogP contribution is 2.42. The van der Waals surface area contributed by atoms with Gasteiger partial charge in [-0.1, -0.05) is 86.1 Å². The number of hydrogen-bond donors (Lipinski definition) is 2. The number of ether oxygens (including phenoxy) is 2. The zero-order valence-electron chi connectivity index (χ0n) is 25.3. The average Bonchev–Trinajstić information content (AvgIpc) is 3.09. The molecule has 2 saturated heterocycles. The van der Waals surface area contributed by atoms with Crippen molar-refractivity contribution in [3.05, 3.63) is 125 Å². The van der Waals surface area contributed by atoms with Crippen molar-refractivity contribution in [1.29, 1.82) is 0 Å². The standard InChI is InChI=1S/C37H41N3O4/c1-26-34(24-40-20-5-2-6-21-40)43-37(44-35(26)29-13-11-27(25-41)12-14-29)30-17-15-28(16-18-30)33-10-4-3-8-31(33)23-39-36(42)32-9-7-19-38-22-32/h3-4,7-19,22,26,34-35,37,41H,2,5-6,20-21,23-25H2,1H3,(H,39,42)/t26-,34+,35+,37+/m0/s1. The van der Waals surface area contributed by atoms with Crippen molar-refractivity contribution in [2.24, 2.45) is 5.92 Å². The quantitative estimate of drug-likeness (QED) is 0.233. The number of carbonyl (C=O) groups is 1. The fourth-order valence-corrected chi connectivity index (χ4v) is 6.28. The van der Waals surface area contributed by atoms with Gasteiger partial charge in [-0.2, -0.15) is 0 Å². The molecule has 4 aromatic rings. The predicted molar refractivity (Wildman–Crippen MR) is 171 cm³/mol. The Hall–Kier alpha value is -3.88. The molecule has 0 bridgehead atoms. The number of pyridine rings is 1. The van der Waals surface area contributed by atoms with Gasteiger partial charge in [0.25, 0.3) is 5.91 Å². The van der Waals surface area contributed by atoms with Crippen molar-refractivity contribution in [3.63, 3.8) is 0 Å². The molecule has 0 radical (unpaired) electrons. The SMILES string of the molecule is C[C@H]1[C@@H](CN2CCCCC2)O[C@@H](c2ccc(-c3ccccc3CNC(=O)c3cccnc3)cc2)O[C@H]1c1ccc(CO)cc1. The van der Waals surface area contributed by atoms with Gasteiger partial charge in [-0.15, -0.1) is 0 Å². The lowest BCUT2D eigenvalue weighted by Gasteiger charge is -2.43. The van der Waals surface area contributed by atoms with E-state index in [1.54, 1.807) is 24.5 Å². The number of amides is 1. The van der Waals surface area contributed by atoms with Crippen LogP contribution in [0.5, 0.6) is 0 Å². The van der Waals surface area contributed by atoms with E-state index in [2.05, 4.69) is 64.6 Å². The Morgan fingerprint density at radius 1 is 0.909 bits per heavy atom. The molecule has 1 amide bonds. The molecule has 7 nitrogen and oxygen atoms in total. The number of hydrogen-bond acceptors (Lipinski definition) is 6. The van der Waals surface area contributed by atoms with Crippen molar-refractivity contribution in [2.45, 2.75) is 57.8 Å². The molecule has 3 aromatic carbocycles. The zero-order valence-corrected chi connectivity index (χ0v) is 25.3. The molecule has 0 saturated carbocycles. The van der Waals surface area contributed by atoms with Gasteiger partial charge in [0, 0.05) is 37.0 Å². The third-order valence-electron chi connectivity index (χ3n) is 8.88. The number of benzene rings is 3. The Kier molecular flexibility index (Phi) is 9.78. The van der Waals surface area contributed by atoms with Crippen LogP contribution in [0.25, 0.3) is 11.1 Å². The number of carbonyl (C=O) groups excluding carboxylic acids is 1. The van der Waals surface area contributed by atoms with Gasteiger partial charge in [0.1, 0.15) is 0 Å². The predicted octanol–water partition coefficient (Wildman–Crippen LogP) is 6.45. The van der Waals surface area contributed by atoms with Gasteiger partial charge in [-0.3, -0.25) is 9.78 Å². The summed E-state index contributed by atoms with van der Waals surface area (Å²) in [4.78, 5) is 19.2. The van der Waals surface area contributed by atoms with Crippen LogP contribution in [0.2, 0.25) is 0 Å². The van der Waals surface area contributed by atoms with E-state index in [1.807, 2.05) is 30.3 Å². The Bertz CT molecular complexity index is 1500. The van der Waals surface area contributed by atoms with Gasteiger partial charge in [-0.05, 0) is 65.9 Å². The average molecular weight is 592 g/mol. The van der Waals surface area contributed by atoms with Crippen LogP contribution in [-0.2, 0) is 22.6 Å². The highest BCUT2D eigenvalue weighted by atomic mass is 16.7. The zero-order chi connectivity index (χ0) is 30.3. The maximum Gasteiger partial charge on any atom is 0.253 e. The lowest BCUT2D eigenvalue weighted by Crippen LogP contribution is -2.45. The molecule has 2 aliphatic rings. The van der Waals surface area contributed by atoms with Crippen LogP contribution in [-0.4, -0.2) is 46.6 Å². The lowest BCUT2D eigenvalue weighted by molar-refractivity contribution is -0.276. The van der Waals surface area contributed by atoms with Crippen LogP contribution in [0.15, 0.2) is 97.3 Å². The number of aliphatic hydroxyl groups excluding tert-OH is 1. The van der Waals surface area contributed by atoms with E-state index in [9.17, 15) is 9.90 Å². The topological polar surface area (TPSA) is 83.9 Å². The summed E-state index contributed by atoms with van der Waals surface area (Å²) >= 11 is 0. The van der Waals surface area contributed by atoms with Gasteiger partial charge in [0.05, 0.1) is 24.4 Å². The van der Waals surface area contributed by atoms with Crippen molar-refractivity contribution in [2.75, 3.05) is 19.6 Å².